The minimum atomic E-state index is -0.597. The number of amides is 2. The lowest BCUT2D eigenvalue weighted by Gasteiger charge is -2.35. The highest BCUT2D eigenvalue weighted by Crippen LogP contribution is 2.18. The van der Waals surface area contributed by atoms with E-state index in [1.54, 1.807) is 0 Å². The first-order valence-corrected chi connectivity index (χ1v) is 13.2. The number of alkyl carbamates (subject to hydrolysis) is 1. The van der Waals surface area contributed by atoms with E-state index in [1.807, 2.05) is 57.7 Å². The summed E-state index contributed by atoms with van der Waals surface area (Å²) in [5.74, 6) is -0.0634. The SMILES string of the molecule is CC(C)[C@H](NC(=O)OC(C)(C)C)C(=O)N1CCC(OCCCCCCOCc2ccccc2)CC1. The van der Waals surface area contributed by atoms with E-state index in [0.29, 0.717) is 19.7 Å². The van der Waals surface area contributed by atoms with Gasteiger partial charge in [0.2, 0.25) is 5.91 Å². The Morgan fingerprint density at radius 3 is 2.23 bits per heavy atom. The van der Waals surface area contributed by atoms with E-state index in [2.05, 4.69) is 17.4 Å². The molecule has 7 heteroatoms. The zero-order chi connectivity index (χ0) is 25.7. The highest BCUT2D eigenvalue weighted by Gasteiger charge is 2.32. The number of nitrogens with zero attached hydrogens (tertiary/aromatic N) is 1. The Bertz CT molecular complexity index is 739. The molecule has 1 heterocycles. The van der Waals surface area contributed by atoms with Crippen molar-refractivity contribution in [3.05, 3.63) is 35.9 Å². The third-order valence-corrected chi connectivity index (χ3v) is 6.01. The van der Waals surface area contributed by atoms with Gasteiger partial charge in [0.15, 0.2) is 0 Å². The highest BCUT2D eigenvalue weighted by molar-refractivity contribution is 5.86. The summed E-state index contributed by atoms with van der Waals surface area (Å²) in [6.07, 6.45) is 5.71. The van der Waals surface area contributed by atoms with E-state index in [-0.39, 0.29) is 17.9 Å². The fraction of sp³-hybridized carbons (Fsp3) is 0.714. The van der Waals surface area contributed by atoms with Gasteiger partial charge in [-0.05, 0) is 57.9 Å². The second-order valence-corrected chi connectivity index (χ2v) is 10.7. The van der Waals surface area contributed by atoms with Gasteiger partial charge in [-0.2, -0.15) is 0 Å². The molecule has 1 aliphatic heterocycles. The standard InChI is InChI=1S/C28H46N2O5/c1-22(2)25(29-27(32)35-28(3,4)5)26(31)30-17-15-24(16-18-30)34-20-12-7-6-11-19-33-21-23-13-9-8-10-14-23/h8-10,13-14,22,24-25H,6-7,11-12,15-21H2,1-5H3,(H,29,32)/t25-/m0/s1. The summed E-state index contributed by atoms with van der Waals surface area (Å²) in [6, 6.07) is 9.67. The van der Waals surface area contributed by atoms with Crippen LogP contribution in [0.15, 0.2) is 30.3 Å². The fourth-order valence-corrected chi connectivity index (χ4v) is 4.06. The topological polar surface area (TPSA) is 77.1 Å². The van der Waals surface area contributed by atoms with Gasteiger partial charge < -0.3 is 24.4 Å². The summed E-state index contributed by atoms with van der Waals surface area (Å²) in [5, 5.41) is 2.76. The number of ether oxygens (including phenoxy) is 3. The van der Waals surface area contributed by atoms with Crippen LogP contribution in [-0.4, -0.2) is 61.0 Å². The summed E-state index contributed by atoms with van der Waals surface area (Å²) in [7, 11) is 0. The van der Waals surface area contributed by atoms with E-state index in [9.17, 15) is 9.59 Å². The molecular formula is C28H46N2O5. The van der Waals surface area contributed by atoms with Gasteiger partial charge in [0.25, 0.3) is 0 Å². The largest absolute Gasteiger partial charge is 0.444 e. The third kappa shape index (κ3) is 11.9. The summed E-state index contributed by atoms with van der Waals surface area (Å²) in [5.41, 5.74) is 0.619. The molecule has 0 bridgehead atoms. The van der Waals surface area contributed by atoms with E-state index in [0.717, 1.165) is 51.7 Å². The number of carbonyl (C=O) groups is 2. The van der Waals surface area contributed by atoms with Gasteiger partial charge in [0.1, 0.15) is 11.6 Å². The van der Waals surface area contributed by atoms with Gasteiger partial charge in [-0.1, -0.05) is 57.0 Å². The average Bonchev–Trinajstić information content (AvgIpc) is 2.81. The first-order valence-electron chi connectivity index (χ1n) is 13.2. The molecule has 0 aromatic heterocycles. The number of hydrogen-bond acceptors (Lipinski definition) is 5. The van der Waals surface area contributed by atoms with Crippen molar-refractivity contribution in [2.75, 3.05) is 26.3 Å². The lowest BCUT2D eigenvalue weighted by molar-refractivity contribution is -0.137. The molecule has 198 valence electrons. The molecule has 1 aromatic rings. The predicted molar refractivity (Wildman–Crippen MR) is 138 cm³/mol. The fourth-order valence-electron chi connectivity index (χ4n) is 4.06. The van der Waals surface area contributed by atoms with Crippen LogP contribution in [-0.2, 0) is 25.6 Å². The molecule has 2 amide bonds. The Labute approximate surface area is 211 Å². The maximum atomic E-state index is 13.0. The molecule has 0 saturated carbocycles. The van der Waals surface area contributed by atoms with Crippen molar-refractivity contribution in [3.8, 4) is 0 Å². The zero-order valence-electron chi connectivity index (χ0n) is 22.4. The molecule has 1 aliphatic rings. The highest BCUT2D eigenvalue weighted by atomic mass is 16.6. The molecular weight excluding hydrogens is 444 g/mol. The van der Waals surface area contributed by atoms with Gasteiger partial charge in [0.05, 0.1) is 12.7 Å². The number of hydrogen-bond donors (Lipinski definition) is 1. The molecule has 35 heavy (non-hydrogen) atoms. The van der Waals surface area contributed by atoms with Crippen LogP contribution in [0.3, 0.4) is 0 Å². The van der Waals surface area contributed by atoms with Crippen LogP contribution < -0.4 is 5.32 Å². The average molecular weight is 491 g/mol. The Kier molecular flexibility index (Phi) is 12.6. The molecule has 1 N–H and O–H groups in total. The second-order valence-electron chi connectivity index (χ2n) is 10.7. The van der Waals surface area contributed by atoms with Crippen LogP contribution in [0.4, 0.5) is 4.79 Å². The van der Waals surface area contributed by atoms with Crippen LogP contribution in [0.1, 0.15) is 78.7 Å². The molecule has 1 fully saturated rings. The van der Waals surface area contributed by atoms with Gasteiger partial charge >= 0.3 is 6.09 Å². The summed E-state index contributed by atoms with van der Waals surface area (Å²) in [4.78, 5) is 27.1. The van der Waals surface area contributed by atoms with Gasteiger partial charge in [-0.15, -0.1) is 0 Å². The van der Waals surface area contributed by atoms with Crippen molar-refractivity contribution >= 4 is 12.0 Å². The minimum absolute atomic E-state index is 0.0206. The molecule has 1 atom stereocenters. The molecule has 0 unspecified atom stereocenters. The Morgan fingerprint density at radius 2 is 1.63 bits per heavy atom. The quantitative estimate of drug-likeness (QED) is 0.379. The lowest BCUT2D eigenvalue weighted by atomic mass is 10.0. The van der Waals surface area contributed by atoms with E-state index in [4.69, 9.17) is 14.2 Å². The van der Waals surface area contributed by atoms with Gasteiger partial charge in [-0.25, -0.2) is 4.79 Å². The molecule has 0 aliphatic carbocycles. The zero-order valence-corrected chi connectivity index (χ0v) is 22.4. The molecule has 1 aromatic carbocycles. The number of nitrogens with one attached hydrogen (secondary N) is 1. The predicted octanol–water partition coefficient (Wildman–Crippen LogP) is 5.32. The van der Waals surface area contributed by atoms with Crippen molar-refractivity contribution in [1.82, 2.24) is 10.2 Å². The monoisotopic (exact) mass is 490 g/mol. The molecule has 2 rings (SSSR count). The van der Waals surface area contributed by atoms with Gasteiger partial charge in [0, 0.05) is 26.3 Å². The lowest BCUT2D eigenvalue weighted by Crippen LogP contribution is -2.54. The van der Waals surface area contributed by atoms with Crippen molar-refractivity contribution in [3.63, 3.8) is 0 Å². The first-order chi connectivity index (χ1) is 16.7. The summed E-state index contributed by atoms with van der Waals surface area (Å²) in [6.45, 7) is 12.8. The number of carbonyl (C=O) groups excluding carboxylic acids is 2. The number of benzene rings is 1. The first kappa shape index (κ1) is 29.1. The Morgan fingerprint density at radius 1 is 1.00 bits per heavy atom. The van der Waals surface area contributed by atoms with Crippen molar-refractivity contribution < 1.29 is 23.8 Å². The van der Waals surface area contributed by atoms with E-state index in [1.165, 1.54) is 5.56 Å². The second kappa shape index (κ2) is 15.1. The van der Waals surface area contributed by atoms with Crippen LogP contribution >= 0.6 is 0 Å². The van der Waals surface area contributed by atoms with Crippen molar-refractivity contribution in [2.24, 2.45) is 5.92 Å². The molecule has 7 nitrogen and oxygen atoms in total. The smallest absolute Gasteiger partial charge is 0.408 e. The van der Waals surface area contributed by atoms with Crippen LogP contribution in [0.5, 0.6) is 0 Å². The number of unbranched alkanes of at least 4 members (excludes halogenated alkanes) is 3. The normalized spacial score (nSPS) is 15.8. The van der Waals surface area contributed by atoms with Crippen LogP contribution in [0, 0.1) is 5.92 Å². The summed E-state index contributed by atoms with van der Waals surface area (Å²) >= 11 is 0. The molecule has 0 spiro atoms. The Balaban J connectivity index is 1.55. The summed E-state index contributed by atoms with van der Waals surface area (Å²) < 4.78 is 17.1. The maximum absolute atomic E-state index is 13.0. The van der Waals surface area contributed by atoms with E-state index < -0.39 is 17.7 Å². The molecule has 1 saturated heterocycles. The van der Waals surface area contributed by atoms with Crippen molar-refractivity contribution in [2.45, 2.75) is 97.5 Å². The van der Waals surface area contributed by atoms with Crippen LogP contribution in [0.25, 0.3) is 0 Å². The Hall–Kier alpha value is -2.12. The minimum Gasteiger partial charge on any atom is -0.444 e. The number of rotatable bonds is 13. The van der Waals surface area contributed by atoms with Crippen molar-refractivity contribution in [1.29, 1.82) is 0 Å². The van der Waals surface area contributed by atoms with E-state index >= 15 is 0 Å². The maximum Gasteiger partial charge on any atom is 0.408 e. The van der Waals surface area contributed by atoms with Crippen LogP contribution in [0.2, 0.25) is 0 Å². The third-order valence-electron chi connectivity index (χ3n) is 6.01. The van der Waals surface area contributed by atoms with Gasteiger partial charge in [-0.3, -0.25) is 4.79 Å². The number of likely N-dealkylation sites (tertiary alicyclic amines) is 1. The molecule has 0 radical (unpaired) electrons. The number of piperidine rings is 1.